The fraction of sp³-hybridized carbons (Fsp3) is 0.0952. The molecule has 0 aliphatic carbocycles. The molecule has 26 heavy (non-hydrogen) atoms. The molecule has 0 bridgehead atoms. The molecule has 0 N–H and O–H groups in total. The molecular formula is C21H18N2O2S. The maximum atomic E-state index is 13.7. The molecule has 0 aliphatic heterocycles. The molecule has 0 amide bonds. The van der Waals surface area contributed by atoms with E-state index in [1.807, 2.05) is 66.7 Å². The number of aromatic nitrogens is 1. The van der Waals surface area contributed by atoms with Gasteiger partial charge in [-0.1, -0.05) is 48.5 Å². The van der Waals surface area contributed by atoms with E-state index in [4.69, 9.17) is 4.74 Å². The van der Waals surface area contributed by atoms with Gasteiger partial charge in [-0.2, -0.15) is 4.36 Å². The minimum absolute atomic E-state index is 0.577. The number of rotatable bonds is 3. The van der Waals surface area contributed by atoms with Gasteiger partial charge in [0.05, 0.1) is 32.9 Å². The first-order valence-corrected chi connectivity index (χ1v) is 10.1. The molecule has 0 saturated heterocycles. The number of nitrogens with zero attached hydrogens (tertiary/aromatic N) is 2. The van der Waals surface area contributed by atoms with Crippen molar-refractivity contribution in [1.29, 1.82) is 0 Å². The zero-order valence-corrected chi connectivity index (χ0v) is 15.4. The lowest BCUT2D eigenvalue weighted by molar-refractivity contribution is 0.405. The highest BCUT2D eigenvalue weighted by Crippen LogP contribution is 2.35. The molecule has 1 aromatic heterocycles. The highest BCUT2D eigenvalue weighted by atomic mass is 32.2. The predicted octanol–water partition coefficient (Wildman–Crippen LogP) is 5.19. The predicted molar refractivity (Wildman–Crippen MR) is 107 cm³/mol. The minimum atomic E-state index is -2.76. The SMILES string of the molecule is COc1ccc2ccccc2c1S(C)(=O)=Nc1cccc2cccnc12. The average Bonchev–Trinajstić information content (AvgIpc) is 2.67. The molecule has 0 radical (unpaired) electrons. The summed E-state index contributed by atoms with van der Waals surface area (Å²) >= 11 is 0. The third-order valence-electron chi connectivity index (χ3n) is 4.33. The normalized spacial score (nSPS) is 13.5. The molecule has 1 unspecified atom stereocenters. The summed E-state index contributed by atoms with van der Waals surface area (Å²) in [6.45, 7) is 0. The topological polar surface area (TPSA) is 51.5 Å². The van der Waals surface area contributed by atoms with Gasteiger partial charge in [-0.25, -0.2) is 4.21 Å². The van der Waals surface area contributed by atoms with Crippen molar-refractivity contribution in [1.82, 2.24) is 4.98 Å². The Morgan fingerprint density at radius 1 is 0.923 bits per heavy atom. The van der Waals surface area contributed by atoms with E-state index in [0.29, 0.717) is 16.3 Å². The van der Waals surface area contributed by atoms with Crippen LogP contribution in [0.2, 0.25) is 0 Å². The molecule has 4 rings (SSSR count). The van der Waals surface area contributed by atoms with Gasteiger partial charge in [-0.05, 0) is 23.6 Å². The Morgan fingerprint density at radius 2 is 1.69 bits per heavy atom. The van der Waals surface area contributed by atoms with Crippen molar-refractivity contribution in [2.24, 2.45) is 4.36 Å². The van der Waals surface area contributed by atoms with Gasteiger partial charge in [0.25, 0.3) is 0 Å². The zero-order valence-electron chi connectivity index (χ0n) is 14.5. The van der Waals surface area contributed by atoms with Crippen LogP contribution in [0.3, 0.4) is 0 Å². The number of pyridine rings is 1. The third kappa shape index (κ3) is 2.80. The summed E-state index contributed by atoms with van der Waals surface area (Å²) < 4.78 is 23.9. The number of methoxy groups -OCH3 is 1. The Balaban J connectivity index is 2.04. The van der Waals surface area contributed by atoms with Crippen LogP contribution in [0.1, 0.15) is 0 Å². The van der Waals surface area contributed by atoms with Crippen LogP contribution in [0.15, 0.2) is 82.2 Å². The number of fused-ring (bicyclic) bond motifs is 2. The summed E-state index contributed by atoms with van der Waals surface area (Å²) in [5, 5.41) is 2.86. The third-order valence-corrected chi connectivity index (χ3v) is 6.05. The van der Waals surface area contributed by atoms with Crippen LogP contribution < -0.4 is 4.74 Å². The van der Waals surface area contributed by atoms with Crippen molar-refractivity contribution < 1.29 is 8.95 Å². The molecule has 4 nitrogen and oxygen atoms in total. The number of benzene rings is 3. The van der Waals surface area contributed by atoms with Gasteiger partial charge in [-0.3, -0.25) is 4.98 Å². The van der Waals surface area contributed by atoms with Crippen LogP contribution >= 0.6 is 0 Å². The highest BCUT2D eigenvalue weighted by molar-refractivity contribution is 7.93. The van der Waals surface area contributed by atoms with Gasteiger partial charge in [0.15, 0.2) is 0 Å². The molecule has 0 fully saturated rings. The molecule has 1 heterocycles. The first-order chi connectivity index (χ1) is 12.6. The van der Waals surface area contributed by atoms with Gasteiger partial charge >= 0.3 is 0 Å². The number of para-hydroxylation sites is 1. The van der Waals surface area contributed by atoms with Crippen molar-refractivity contribution in [2.75, 3.05) is 13.4 Å². The second-order valence-electron chi connectivity index (χ2n) is 6.06. The summed E-state index contributed by atoms with van der Waals surface area (Å²) in [5.74, 6) is 0.577. The standard InChI is InChI=1S/C21H18N2O2S/c1-25-19-13-12-15-7-3-4-10-17(15)21(19)26(2,24)23-18-11-5-8-16-9-6-14-22-20(16)18/h3-14H,1-2H3. The monoisotopic (exact) mass is 362 g/mol. The van der Waals surface area contributed by atoms with Gasteiger partial charge in [0, 0.05) is 23.2 Å². The fourth-order valence-corrected chi connectivity index (χ4v) is 4.90. The van der Waals surface area contributed by atoms with Gasteiger partial charge in [0.2, 0.25) is 0 Å². The van der Waals surface area contributed by atoms with Gasteiger partial charge in [-0.15, -0.1) is 0 Å². The largest absolute Gasteiger partial charge is 0.495 e. The van der Waals surface area contributed by atoms with Crippen LogP contribution in [0.4, 0.5) is 5.69 Å². The lowest BCUT2D eigenvalue weighted by Gasteiger charge is -2.14. The molecule has 0 saturated carbocycles. The van der Waals surface area contributed by atoms with E-state index >= 15 is 0 Å². The van der Waals surface area contributed by atoms with Crippen molar-refractivity contribution in [2.45, 2.75) is 4.90 Å². The lowest BCUT2D eigenvalue weighted by Crippen LogP contribution is -2.02. The number of hydrogen-bond donors (Lipinski definition) is 0. The molecular weight excluding hydrogens is 344 g/mol. The van der Waals surface area contributed by atoms with Gasteiger partial charge < -0.3 is 4.74 Å². The molecule has 0 spiro atoms. The first-order valence-electron chi connectivity index (χ1n) is 8.22. The summed E-state index contributed by atoms with van der Waals surface area (Å²) in [7, 11) is -1.18. The summed E-state index contributed by atoms with van der Waals surface area (Å²) in [6.07, 6.45) is 3.37. The lowest BCUT2D eigenvalue weighted by atomic mass is 10.1. The molecule has 130 valence electrons. The highest BCUT2D eigenvalue weighted by Gasteiger charge is 2.18. The van der Waals surface area contributed by atoms with E-state index in [-0.39, 0.29) is 0 Å². The van der Waals surface area contributed by atoms with E-state index in [1.54, 1.807) is 19.6 Å². The maximum absolute atomic E-state index is 13.7. The number of ether oxygens (including phenoxy) is 1. The maximum Gasteiger partial charge on any atom is 0.136 e. The van der Waals surface area contributed by atoms with Crippen LogP contribution in [-0.4, -0.2) is 22.6 Å². The Hall–Kier alpha value is -2.92. The van der Waals surface area contributed by atoms with Crippen molar-refractivity contribution in [3.05, 3.63) is 72.9 Å². The molecule has 0 aliphatic rings. The summed E-state index contributed by atoms with van der Waals surface area (Å²) in [4.78, 5) is 5.03. The van der Waals surface area contributed by atoms with E-state index in [9.17, 15) is 4.21 Å². The zero-order chi connectivity index (χ0) is 18.1. The van der Waals surface area contributed by atoms with E-state index in [2.05, 4.69) is 9.35 Å². The average molecular weight is 362 g/mol. The van der Waals surface area contributed by atoms with Crippen LogP contribution in [-0.2, 0) is 9.73 Å². The van der Waals surface area contributed by atoms with Crippen molar-refractivity contribution >= 4 is 37.1 Å². The molecule has 1 atom stereocenters. The summed E-state index contributed by atoms with van der Waals surface area (Å²) in [6, 6.07) is 21.2. The Kier molecular flexibility index (Phi) is 4.09. The second kappa shape index (κ2) is 6.42. The molecule has 3 aromatic carbocycles. The first kappa shape index (κ1) is 16.5. The van der Waals surface area contributed by atoms with E-state index in [0.717, 1.165) is 21.7 Å². The quantitative estimate of drug-likeness (QED) is 0.504. The fourth-order valence-electron chi connectivity index (χ4n) is 3.17. The van der Waals surface area contributed by atoms with Crippen LogP contribution in [0.5, 0.6) is 5.75 Å². The summed E-state index contributed by atoms with van der Waals surface area (Å²) in [5.41, 5.74) is 1.36. The Bertz CT molecular complexity index is 1240. The van der Waals surface area contributed by atoms with Crippen molar-refractivity contribution in [3.8, 4) is 5.75 Å². The minimum Gasteiger partial charge on any atom is -0.495 e. The van der Waals surface area contributed by atoms with E-state index < -0.39 is 9.73 Å². The van der Waals surface area contributed by atoms with E-state index in [1.165, 1.54) is 0 Å². The van der Waals surface area contributed by atoms with Crippen LogP contribution in [0.25, 0.3) is 21.7 Å². The van der Waals surface area contributed by atoms with Gasteiger partial charge in [0.1, 0.15) is 5.75 Å². The second-order valence-corrected chi connectivity index (χ2v) is 8.26. The smallest absolute Gasteiger partial charge is 0.136 e. The van der Waals surface area contributed by atoms with Crippen molar-refractivity contribution in [3.63, 3.8) is 0 Å². The van der Waals surface area contributed by atoms with Crippen LogP contribution in [0, 0.1) is 0 Å². The Labute approximate surface area is 152 Å². The molecule has 4 aromatic rings. The number of hydrogen-bond acceptors (Lipinski definition) is 4. The Morgan fingerprint density at radius 3 is 2.54 bits per heavy atom. The molecule has 5 heteroatoms.